The summed E-state index contributed by atoms with van der Waals surface area (Å²) in [4.78, 5) is 8.54. The van der Waals surface area contributed by atoms with Gasteiger partial charge in [-0.3, -0.25) is 0 Å². The molecule has 0 radical (unpaired) electrons. The number of ether oxygens (including phenoxy) is 3. The van der Waals surface area contributed by atoms with Crippen LogP contribution in [-0.2, 0) is 16.1 Å². The van der Waals surface area contributed by atoms with E-state index >= 15 is 0 Å². The first-order valence-electron chi connectivity index (χ1n) is 6.23. The van der Waals surface area contributed by atoms with Crippen molar-refractivity contribution in [3.8, 4) is 5.88 Å². The predicted octanol–water partition coefficient (Wildman–Crippen LogP) is 1.86. The maximum atomic E-state index is 5.65. The van der Waals surface area contributed by atoms with Crippen molar-refractivity contribution in [2.75, 3.05) is 33.2 Å². The van der Waals surface area contributed by atoms with E-state index in [4.69, 9.17) is 14.2 Å². The molecule has 0 spiro atoms. The van der Waals surface area contributed by atoms with Gasteiger partial charge in [0, 0.05) is 33.8 Å². The normalized spacial score (nSPS) is 11.4. The van der Waals surface area contributed by atoms with Gasteiger partial charge in [-0.2, -0.15) is 4.98 Å². The number of anilines is 1. The summed E-state index contributed by atoms with van der Waals surface area (Å²) in [6, 6.07) is 1.76. The first-order valence-corrected chi connectivity index (χ1v) is 6.23. The summed E-state index contributed by atoms with van der Waals surface area (Å²) < 4.78 is 16.0. The van der Waals surface area contributed by atoms with Crippen LogP contribution in [-0.4, -0.2) is 43.4 Å². The third-order valence-corrected chi connectivity index (χ3v) is 2.79. The van der Waals surface area contributed by atoms with Crippen molar-refractivity contribution in [2.45, 2.75) is 32.5 Å². The number of rotatable bonds is 8. The van der Waals surface area contributed by atoms with Gasteiger partial charge in [0.15, 0.2) is 5.82 Å². The van der Waals surface area contributed by atoms with Crippen LogP contribution in [0.1, 0.15) is 26.1 Å². The van der Waals surface area contributed by atoms with Crippen molar-refractivity contribution in [1.29, 1.82) is 0 Å². The van der Waals surface area contributed by atoms with Crippen molar-refractivity contribution in [3.63, 3.8) is 0 Å². The molecule has 0 saturated carbocycles. The molecule has 0 aromatic carbocycles. The quantitative estimate of drug-likeness (QED) is 0.777. The third-order valence-electron chi connectivity index (χ3n) is 2.79. The molecule has 108 valence electrons. The highest BCUT2D eigenvalue weighted by Crippen LogP contribution is 2.17. The maximum Gasteiger partial charge on any atom is 0.218 e. The first-order chi connectivity index (χ1) is 9.00. The van der Waals surface area contributed by atoms with E-state index < -0.39 is 0 Å². The van der Waals surface area contributed by atoms with Gasteiger partial charge in [-0.1, -0.05) is 0 Å². The second-order valence-electron chi connectivity index (χ2n) is 4.75. The standard InChI is InChI=1S/C13H23N3O3/c1-13(2,18-5)6-7-19-12-8-10(14-3)15-11(16-12)9-17-4/h8H,6-7,9H2,1-5H3,(H,14,15,16). The van der Waals surface area contributed by atoms with Gasteiger partial charge in [-0.15, -0.1) is 0 Å². The average Bonchev–Trinajstić information content (AvgIpc) is 2.38. The Kier molecular flexibility index (Phi) is 5.98. The first kappa shape index (κ1) is 15.7. The number of aromatic nitrogens is 2. The van der Waals surface area contributed by atoms with Crippen LogP contribution in [0.15, 0.2) is 6.07 Å². The molecule has 0 unspecified atom stereocenters. The monoisotopic (exact) mass is 269 g/mol. The Morgan fingerprint density at radius 2 is 2.00 bits per heavy atom. The van der Waals surface area contributed by atoms with Crippen LogP contribution in [0, 0.1) is 0 Å². The minimum atomic E-state index is -0.200. The molecular formula is C13H23N3O3. The number of hydrogen-bond donors (Lipinski definition) is 1. The van der Waals surface area contributed by atoms with Gasteiger partial charge in [-0.25, -0.2) is 4.98 Å². The van der Waals surface area contributed by atoms with Crippen molar-refractivity contribution in [1.82, 2.24) is 9.97 Å². The van der Waals surface area contributed by atoms with E-state index in [1.807, 2.05) is 13.8 Å². The van der Waals surface area contributed by atoms with E-state index in [2.05, 4.69) is 15.3 Å². The van der Waals surface area contributed by atoms with Crippen LogP contribution in [0.25, 0.3) is 0 Å². The van der Waals surface area contributed by atoms with Gasteiger partial charge >= 0.3 is 0 Å². The van der Waals surface area contributed by atoms with Crippen LogP contribution in [0.2, 0.25) is 0 Å². The van der Waals surface area contributed by atoms with E-state index in [0.29, 0.717) is 30.7 Å². The largest absolute Gasteiger partial charge is 0.477 e. The maximum absolute atomic E-state index is 5.65. The Balaban J connectivity index is 2.64. The Bertz CT molecular complexity index is 397. The molecule has 19 heavy (non-hydrogen) atoms. The van der Waals surface area contributed by atoms with Crippen molar-refractivity contribution in [2.24, 2.45) is 0 Å². The van der Waals surface area contributed by atoms with Gasteiger partial charge in [-0.05, 0) is 13.8 Å². The van der Waals surface area contributed by atoms with Crippen LogP contribution in [0.5, 0.6) is 5.88 Å². The zero-order valence-corrected chi connectivity index (χ0v) is 12.3. The molecule has 0 aliphatic heterocycles. The summed E-state index contributed by atoms with van der Waals surface area (Å²) in [6.07, 6.45) is 0.780. The molecule has 6 nitrogen and oxygen atoms in total. The molecule has 1 heterocycles. The molecular weight excluding hydrogens is 246 g/mol. The highest BCUT2D eigenvalue weighted by molar-refractivity contribution is 5.37. The molecule has 1 aromatic rings. The number of hydrogen-bond acceptors (Lipinski definition) is 6. The zero-order chi connectivity index (χ0) is 14.3. The zero-order valence-electron chi connectivity index (χ0n) is 12.3. The lowest BCUT2D eigenvalue weighted by Gasteiger charge is -2.22. The Morgan fingerprint density at radius 3 is 2.58 bits per heavy atom. The van der Waals surface area contributed by atoms with Crippen LogP contribution >= 0.6 is 0 Å². The van der Waals surface area contributed by atoms with Gasteiger partial charge < -0.3 is 19.5 Å². The second kappa shape index (κ2) is 7.25. The Hall–Kier alpha value is -1.40. The molecule has 0 fully saturated rings. The summed E-state index contributed by atoms with van der Waals surface area (Å²) in [6.45, 7) is 4.93. The number of nitrogens with zero attached hydrogens (tertiary/aromatic N) is 2. The molecule has 6 heteroatoms. The van der Waals surface area contributed by atoms with Crippen molar-refractivity contribution >= 4 is 5.82 Å². The molecule has 0 atom stereocenters. The van der Waals surface area contributed by atoms with Crippen LogP contribution in [0.4, 0.5) is 5.82 Å². The molecule has 0 amide bonds. The lowest BCUT2D eigenvalue weighted by molar-refractivity contribution is 0.00503. The minimum Gasteiger partial charge on any atom is -0.477 e. The fourth-order valence-corrected chi connectivity index (χ4v) is 1.37. The van der Waals surface area contributed by atoms with E-state index in [0.717, 1.165) is 6.42 Å². The molecule has 1 aromatic heterocycles. The molecule has 0 bridgehead atoms. The topological polar surface area (TPSA) is 65.5 Å². The summed E-state index contributed by atoms with van der Waals surface area (Å²) in [5.41, 5.74) is -0.200. The lowest BCUT2D eigenvalue weighted by atomic mass is 10.1. The molecule has 0 aliphatic carbocycles. The summed E-state index contributed by atoms with van der Waals surface area (Å²) in [7, 11) is 5.11. The number of nitrogens with one attached hydrogen (secondary N) is 1. The second-order valence-corrected chi connectivity index (χ2v) is 4.75. The Labute approximate surface area is 114 Å². The van der Waals surface area contributed by atoms with E-state index in [1.165, 1.54) is 0 Å². The van der Waals surface area contributed by atoms with Crippen molar-refractivity contribution < 1.29 is 14.2 Å². The summed E-state index contributed by atoms with van der Waals surface area (Å²) in [5, 5.41) is 2.97. The van der Waals surface area contributed by atoms with Gasteiger partial charge in [0.2, 0.25) is 5.88 Å². The van der Waals surface area contributed by atoms with E-state index in [1.54, 1.807) is 27.3 Å². The van der Waals surface area contributed by atoms with Crippen LogP contribution in [0.3, 0.4) is 0 Å². The highest BCUT2D eigenvalue weighted by atomic mass is 16.5. The lowest BCUT2D eigenvalue weighted by Crippen LogP contribution is -2.25. The van der Waals surface area contributed by atoms with Crippen LogP contribution < -0.4 is 10.1 Å². The molecule has 1 rings (SSSR count). The van der Waals surface area contributed by atoms with Gasteiger partial charge in [0.05, 0.1) is 12.2 Å². The summed E-state index contributed by atoms with van der Waals surface area (Å²) >= 11 is 0. The van der Waals surface area contributed by atoms with E-state index in [9.17, 15) is 0 Å². The van der Waals surface area contributed by atoms with Crippen molar-refractivity contribution in [3.05, 3.63) is 11.9 Å². The molecule has 0 aliphatic rings. The molecule has 1 N–H and O–H groups in total. The van der Waals surface area contributed by atoms with Gasteiger partial charge in [0.25, 0.3) is 0 Å². The highest BCUT2D eigenvalue weighted by Gasteiger charge is 2.16. The average molecular weight is 269 g/mol. The summed E-state index contributed by atoms with van der Waals surface area (Å²) in [5.74, 6) is 1.84. The third kappa shape index (κ3) is 5.40. The molecule has 0 saturated heterocycles. The SMILES string of the molecule is CNc1cc(OCCC(C)(C)OC)nc(COC)n1. The minimum absolute atomic E-state index is 0.200. The fourth-order valence-electron chi connectivity index (χ4n) is 1.37. The Morgan fingerprint density at radius 1 is 1.26 bits per heavy atom. The smallest absolute Gasteiger partial charge is 0.218 e. The van der Waals surface area contributed by atoms with E-state index in [-0.39, 0.29) is 5.60 Å². The fraction of sp³-hybridized carbons (Fsp3) is 0.692. The number of methoxy groups -OCH3 is 2. The van der Waals surface area contributed by atoms with Gasteiger partial charge in [0.1, 0.15) is 12.4 Å². The predicted molar refractivity (Wildman–Crippen MR) is 73.5 cm³/mol.